The highest BCUT2D eigenvalue weighted by Crippen LogP contribution is 2.40. The zero-order valence-corrected chi connectivity index (χ0v) is 19.0. The predicted octanol–water partition coefficient (Wildman–Crippen LogP) is 2.99. The number of sulfonamides is 1. The first-order valence-corrected chi connectivity index (χ1v) is 11.1. The minimum atomic E-state index is -3.62. The summed E-state index contributed by atoms with van der Waals surface area (Å²) in [6.45, 7) is 4.51. The average molecular weight is 447 g/mol. The van der Waals surface area contributed by atoms with E-state index in [1.54, 1.807) is 31.2 Å². The zero-order chi connectivity index (χ0) is 22.8. The molecule has 1 aliphatic rings. The number of ether oxygens (including phenoxy) is 3. The van der Waals surface area contributed by atoms with E-state index in [1.165, 1.54) is 33.3 Å². The number of carbonyl (C=O) groups is 1. The van der Waals surface area contributed by atoms with Crippen molar-refractivity contribution in [1.82, 2.24) is 4.31 Å². The summed E-state index contributed by atoms with van der Waals surface area (Å²) in [5.74, 6) is 1.22. The van der Waals surface area contributed by atoms with Crippen LogP contribution in [0, 0.1) is 13.8 Å². The molecule has 0 saturated carbocycles. The molecule has 3 rings (SSSR count). The van der Waals surface area contributed by atoms with Gasteiger partial charge in [-0.25, -0.2) is 12.7 Å². The molecule has 2 aromatic carbocycles. The quantitative estimate of drug-likeness (QED) is 0.686. The Morgan fingerprint density at radius 2 is 1.84 bits per heavy atom. The van der Waals surface area contributed by atoms with Crippen molar-refractivity contribution in [2.45, 2.75) is 18.7 Å². The van der Waals surface area contributed by atoms with Gasteiger partial charge in [0.05, 0.1) is 12.0 Å². The fourth-order valence-electron chi connectivity index (χ4n) is 3.05. The van der Waals surface area contributed by atoms with Crippen LogP contribution >= 0.6 is 0 Å². The number of carbonyl (C=O) groups excluding carboxylic acids is 1. The number of hydrogen-bond donors (Lipinski definition) is 1. The highest BCUT2D eigenvalue weighted by atomic mass is 32.2. The van der Waals surface area contributed by atoms with Crippen molar-refractivity contribution in [3.05, 3.63) is 47.0 Å². The summed E-state index contributed by atoms with van der Waals surface area (Å²) in [6, 6.07) is 6.57. The molecule has 0 aliphatic carbocycles. The van der Waals surface area contributed by atoms with Crippen molar-refractivity contribution in [3.63, 3.8) is 0 Å². The number of nitrogens with zero attached hydrogens (tertiary/aromatic N) is 1. The molecule has 0 bridgehead atoms. The van der Waals surface area contributed by atoms with Gasteiger partial charge < -0.3 is 19.5 Å². The maximum absolute atomic E-state index is 12.5. The molecule has 0 radical (unpaired) electrons. The number of hydrogen-bond acceptors (Lipinski definition) is 6. The average Bonchev–Trinajstić information content (AvgIpc) is 2.74. The number of methoxy groups -OCH3 is 1. The van der Waals surface area contributed by atoms with Gasteiger partial charge in [0.15, 0.2) is 11.5 Å². The molecule has 2 aromatic rings. The van der Waals surface area contributed by atoms with Crippen molar-refractivity contribution >= 4 is 27.7 Å². The van der Waals surface area contributed by atoms with Crippen LogP contribution in [0.2, 0.25) is 0 Å². The fraction of sp³-hybridized carbons (Fsp3) is 0.318. The first-order valence-electron chi connectivity index (χ1n) is 9.64. The number of fused-ring (bicyclic) bond motifs is 1. The smallest absolute Gasteiger partial charge is 0.248 e. The molecular formula is C22H26N2O6S. The highest BCUT2D eigenvalue weighted by molar-refractivity contribution is 7.89. The molecule has 1 N–H and O–H groups in total. The van der Waals surface area contributed by atoms with Crippen LogP contribution in [-0.2, 0) is 14.8 Å². The summed E-state index contributed by atoms with van der Waals surface area (Å²) in [7, 11) is 0.844. The van der Waals surface area contributed by atoms with Gasteiger partial charge in [0.25, 0.3) is 0 Å². The Morgan fingerprint density at radius 1 is 1.13 bits per heavy atom. The first-order chi connectivity index (χ1) is 14.6. The van der Waals surface area contributed by atoms with E-state index in [-0.39, 0.29) is 4.90 Å². The second-order valence-electron chi connectivity index (χ2n) is 7.27. The van der Waals surface area contributed by atoms with Crippen molar-refractivity contribution in [2.75, 3.05) is 39.7 Å². The van der Waals surface area contributed by atoms with Gasteiger partial charge in [-0.05, 0) is 60.9 Å². The SMILES string of the molecule is COc1cc(/C=C/C(=O)Nc2cc(S(=O)(=O)N(C)C)cc(C)c2C)cc2c1OCCO2. The molecule has 9 heteroatoms. The normalized spacial score (nSPS) is 13.5. The number of nitrogens with one attached hydrogen (secondary N) is 1. The van der Waals surface area contributed by atoms with E-state index in [2.05, 4.69) is 5.32 Å². The Labute approximate surface area is 182 Å². The molecule has 31 heavy (non-hydrogen) atoms. The predicted molar refractivity (Wildman–Crippen MR) is 118 cm³/mol. The molecule has 0 aromatic heterocycles. The molecule has 1 aliphatic heterocycles. The van der Waals surface area contributed by atoms with Crippen molar-refractivity contribution in [1.29, 1.82) is 0 Å². The molecule has 0 saturated heterocycles. The number of anilines is 1. The van der Waals surface area contributed by atoms with Gasteiger partial charge >= 0.3 is 0 Å². The van der Waals surface area contributed by atoms with Crippen LogP contribution in [0.15, 0.2) is 35.2 Å². The van der Waals surface area contributed by atoms with Gasteiger partial charge in [0.1, 0.15) is 13.2 Å². The lowest BCUT2D eigenvalue weighted by Gasteiger charge is -2.20. The van der Waals surface area contributed by atoms with E-state index in [4.69, 9.17) is 14.2 Å². The number of benzene rings is 2. The van der Waals surface area contributed by atoms with E-state index in [1.807, 2.05) is 6.92 Å². The monoisotopic (exact) mass is 446 g/mol. The Balaban J connectivity index is 1.84. The zero-order valence-electron chi connectivity index (χ0n) is 18.2. The summed E-state index contributed by atoms with van der Waals surface area (Å²) in [5.41, 5.74) is 2.70. The van der Waals surface area contributed by atoms with Gasteiger partial charge in [0, 0.05) is 25.9 Å². The lowest BCUT2D eigenvalue weighted by Crippen LogP contribution is -2.22. The van der Waals surface area contributed by atoms with E-state index in [0.29, 0.717) is 41.7 Å². The number of aryl methyl sites for hydroxylation is 1. The topological polar surface area (TPSA) is 94.2 Å². The van der Waals surface area contributed by atoms with Gasteiger partial charge in [-0.15, -0.1) is 0 Å². The van der Waals surface area contributed by atoms with Crippen molar-refractivity contribution in [2.24, 2.45) is 0 Å². The van der Waals surface area contributed by atoms with Gasteiger partial charge in [-0.3, -0.25) is 4.79 Å². The lowest BCUT2D eigenvalue weighted by atomic mass is 10.1. The maximum atomic E-state index is 12.5. The third-order valence-corrected chi connectivity index (χ3v) is 6.75. The first kappa shape index (κ1) is 22.6. The molecular weight excluding hydrogens is 420 g/mol. The van der Waals surface area contributed by atoms with Crippen LogP contribution in [0.4, 0.5) is 5.69 Å². The molecule has 1 amide bonds. The summed E-state index contributed by atoms with van der Waals surface area (Å²) < 4.78 is 42.6. The minimum Gasteiger partial charge on any atom is -0.493 e. The number of amides is 1. The van der Waals surface area contributed by atoms with Crippen LogP contribution < -0.4 is 19.5 Å². The Bertz CT molecular complexity index is 1120. The van der Waals surface area contributed by atoms with E-state index < -0.39 is 15.9 Å². The summed E-state index contributed by atoms with van der Waals surface area (Å²) in [6.07, 6.45) is 2.99. The molecule has 1 heterocycles. The van der Waals surface area contributed by atoms with E-state index in [0.717, 1.165) is 15.4 Å². The van der Waals surface area contributed by atoms with Crippen LogP contribution in [0.3, 0.4) is 0 Å². The Hall–Kier alpha value is -3.04. The summed E-state index contributed by atoms with van der Waals surface area (Å²) >= 11 is 0. The highest BCUT2D eigenvalue weighted by Gasteiger charge is 2.20. The van der Waals surface area contributed by atoms with Crippen molar-refractivity contribution < 1.29 is 27.4 Å². The second kappa shape index (κ2) is 8.99. The fourth-order valence-corrected chi connectivity index (χ4v) is 4.07. The minimum absolute atomic E-state index is 0.122. The lowest BCUT2D eigenvalue weighted by molar-refractivity contribution is -0.111. The third kappa shape index (κ3) is 4.83. The Kier molecular flexibility index (Phi) is 6.56. The molecule has 0 fully saturated rings. The molecule has 0 atom stereocenters. The summed E-state index contributed by atoms with van der Waals surface area (Å²) in [5, 5.41) is 2.77. The van der Waals surface area contributed by atoms with Crippen LogP contribution in [0.25, 0.3) is 6.08 Å². The van der Waals surface area contributed by atoms with E-state index >= 15 is 0 Å². The van der Waals surface area contributed by atoms with Gasteiger partial charge in [-0.1, -0.05) is 0 Å². The molecule has 8 nitrogen and oxygen atoms in total. The van der Waals surface area contributed by atoms with Crippen molar-refractivity contribution in [3.8, 4) is 17.2 Å². The van der Waals surface area contributed by atoms with Crippen LogP contribution in [-0.4, -0.2) is 53.0 Å². The van der Waals surface area contributed by atoms with Gasteiger partial charge in [-0.2, -0.15) is 0 Å². The maximum Gasteiger partial charge on any atom is 0.248 e. The number of rotatable bonds is 6. The summed E-state index contributed by atoms with van der Waals surface area (Å²) in [4.78, 5) is 12.7. The van der Waals surface area contributed by atoms with Crippen LogP contribution in [0.1, 0.15) is 16.7 Å². The largest absolute Gasteiger partial charge is 0.493 e. The standard InChI is InChI=1S/C22H26N2O6S/c1-14-10-17(31(26,27)24(3)4)13-18(15(14)2)23-21(25)7-6-16-11-19(28-5)22-20(12-16)29-8-9-30-22/h6-7,10-13H,8-9H2,1-5H3,(H,23,25)/b7-6+. The third-order valence-electron chi connectivity index (χ3n) is 4.95. The van der Waals surface area contributed by atoms with Crippen LogP contribution in [0.5, 0.6) is 17.2 Å². The molecule has 0 spiro atoms. The Morgan fingerprint density at radius 3 is 2.52 bits per heavy atom. The molecule has 166 valence electrons. The molecule has 0 unspecified atom stereocenters. The second-order valence-corrected chi connectivity index (χ2v) is 9.42. The van der Waals surface area contributed by atoms with E-state index in [9.17, 15) is 13.2 Å². The van der Waals surface area contributed by atoms with Gasteiger partial charge in [0.2, 0.25) is 21.7 Å².